The first-order valence-corrected chi connectivity index (χ1v) is 5.67. The van der Waals surface area contributed by atoms with Crippen molar-refractivity contribution in [3.05, 3.63) is 29.1 Å². The molecule has 2 rings (SSSR count). The molecule has 0 bridgehead atoms. The van der Waals surface area contributed by atoms with Crippen molar-refractivity contribution in [3.8, 4) is 5.75 Å². The third-order valence-corrected chi connectivity index (χ3v) is 3.75. The molecule has 0 saturated heterocycles. The number of nitrogens with two attached hydrogens (primary N) is 1. The van der Waals surface area contributed by atoms with E-state index in [1.807, 2.05) is 0 Å². The molecule has 88 valence electrons. The van der Waals surface area contributed by atoms with Crippen LogP contribution in [0.15, 0.2) is 12.1 Å². The van der Waals surface area contributed by atoms with Gasteiger partial charge in [0, 0.05) is 17.5 Å². The smallest absolute Gasteiger partial charge is 0.126 e. The Hall–Kier alpha value is -1.09. The van der Waals surface area contributed by atoms with Crippen molar-refractivity contribution in [2.24, 2.45) is 5.73 Å². The Labute approximate surface area is 95.6 Å². The van der Waals surface area contributed by atoms with Crippen molar-refractivity contribution >= 4 is 0 Å². The van der Waals surface area contributed by atoms with Crippen molar-refractivity contribution in [2.75, 3.05) is 13.7 Å². The summed E-state index contributed by atoms with van der Waals surface area (Å²) in [6.45, 7) is 2.31. The highest BCUT2D eigenvalue weighted by Gasteiger charge is 2.39. The molecule has 0 unspecified atom stereocenters. The van der Waals surface area contributed by atoms with E-state index in [2.05, 4.69) is 0 Å². The molecule has 0 heterocycles. The lowest BCUT2D eigenvalue weighted by Gasteiger charge is -2.42. The summed E-state index contributed by atoms with van der Waals surface area (Å²) in [5, 5.41) is 0. The Morgan fingerprint density at radius 2 is 2.12 bits per heavy atom. The summed E-state index contributed by atoms with van der Waals surface area (Å²) in [5.74, 6) is 0.597. The van der Waals surface area contributed by atoms with Crippen molar-refractivity contribution < 1.29 is 9.13 Å². The van der Waals surface area contributed by atoms with Crippen LogP contribution in [0.4, 0.5) is 4.39 Å². The standard InChI is InChI=1S/C13H18FNO/c1-9-6-12(16-2)10(7-11(9)14)13(8-15)4-3-5-13/h6-7H,3-5,8,15H2,1-2H3. The number of rotatable bonds is 3. The summed E-state index contributed by atoms with van der Waals surface area (Å²) in [7, 11) is 1.62. The van der Waals surface area contributed by atoms with Gasteiger partial charge in [-0.15, -0.1) is 0 Å². The maximum atomic E-state index is 13.6. The van der Waals surface area contributed by atoms with Gasteiger partial charge in [-0.2, -0.15) is 0 Å². The maximum Gasteiger partial charge on any atom is 0.126 e. The highest BCUT2D eigenvalue weighted by atomic mass is 19.1. The van der Waals surface area contributed by atoms with Gasteiger partial charge in [-0.25, -0.2) is 4.39 Å². The number of hydrogen-bond donors (Lipinski definition) is 1. The Balaban J connectivity index is 2.50. The highest BCUT2D eigenvalue weighted by Crippen LogP contribution is 2.46. The van der Waals surface area contributed by atoms with Gasteiger partial charge in [0.05, 0.1) is 7.11 Å². The number of ether oxygens (including phenoxy) is 1. The topological polar surface area (TPSA) is 35.2 Å². The molecule has 0 aliphatic heterocycles. The number of hydrogen-bond acceptors (Lipinski definition) is 2. The van der Waals surface area contributed by atoms with Gasteiger partial charge in [0.1, 0.15) is 11.6 Å². The van der Waals surface area contributed by atoms with Gasteiger partial charge in [-0.3, -0.25) is 0 Å². The van der Waals surface area contributed by atoms with Crippen LogP contribution in [0.5, 0.6) is 5.75 Å². The van der Waals surface area contributed by atoms with Crippen LogP contribution in [0.1, 0.15) is 30.4 Å². The minimum absolute atomic E-state index is 0.0557. The monoisotopic (exact) mass is 223 g/mol. The molecule has 2 nitrogen and oxygen atoms in total. The lowest BCUT2D eigenvalue weighted by Crippen LogP contribution is -2.41. The largest absolute Gasteiger partial charge is 0.496 e. The minimum atomic E-state index is -0.171. The van der Waals surface area contributed by atoms with Crippen LogP contribution in [0.25, 0.3) is 0 Å². The van der Waals surface area contributed by atoms with Gasteiger partial charge in [0.15, 0.2) is 0 Å². The molecule has 0 spiro atoms. The van der Waals surface area contributed by atoms with Gasteiger partial charge in [0.25, 0.3) is 0 Å². The molecular weight excluding hydrogens is 205 g/mol. The molecule has 1 fully saturated rings. The number of methoxy groups -OCH3 is 1. The molecule has 1 aliphatic carbocycles. The second kappa shape index (κ2) is 4.06. The fourth-order valence-corrected chi connectivity index (χ4v) is 2.43. The van der Waals surface area contributed by atoms with Crippen LogP contribution in [-0.4, -0.2) is 13.7 Å². The third kappa shape index (κ3) is 1.59. The lowest BCUT2D eigenvalue weighted by atomic mass is 9.64. The van der Waals surface area contributed by atoms with Crippen LogP contribution >= 0.6 is 0 Å². The molecule has 16 heavy (non-hydrogen) atoms. The molecule has 0 aromatic heterocycles. The van der Waals surface area contributed by atoms with E-state index in [-0.39, 0.29) is 11.2 Å². The summed E-state index contributed by atoms with van der Waals surface area (Å²) in [4.78, 5) is 0. The van der Waals surface area contributed by atoms with Gasteiger partial charge in [-0.1, -0.05) is 6.42 Å². The normalized spacial score (nSPS) is 18.0. The summed E-state index contributed by atoms with van der Waals surface area (Å²) >= 11 is 0. The number of halogens is 1. The molecule has 1 saturated carbocycles. The van der Waals surface area contributed by atoms with E-state index in [1.54, 1.807) is 26.2 Å². The van der Waals surface area contributed by atoms with E-state index in [9.17, 15) is 4.39 Å². The number of benzene rings is 1. The number of aryl methyl sites for hydroxylation is 1. The predicted octanol–water partition coefficient (Wildman–Crippen LogP) is 2.52. The Kier molecular flexibility index (Phi) is 2.89. The van der Waals surface area contributed by atoms with Gasteiger partial charge < -0.3 is 10.5 Å². The molecule has 0 atom stereocenters. The Bertz CT molecular complexity index is 394. The Morgan fingerprint density at radius 3 is 2.56 bits per heavy atom. The first kappa shape index (κ1) is 11.4. The molecule has 1 aliphatic rings. The van der Waals surface area contributed by atoms with Crippen molar-refractivity contribution in [1.29, 1.82) is 0 Å². The van der Waals surface area contributed by atoms with E-state index in [4.69, 9.17) is 10.5 Å². The zero-order chi connectivity index (χ0) is 11.8. The molecule has 0 amide bonds. The predicted molar refractivity (Wildman–Crippen MR) is 62.3 cm³/mol. The van der Waals surface area contributed by atoms with Crippen LogP contribution in [0.3, 0.4) is 0 Å². The summed E-state index contributed by atoms with van der Waals surface area (Å²) in [6, 6.07) is 3.36. The van der Waals surface area contributed by atoms with Crippen LogP contribution in [0.2, 0.25) is 0 Å². The molecule has 0 radical (unpaired) electrons. The van der Waals surface area contributed by atoms with E-state index in [1.165, 1.54) is 0 Å². The van der Waals surface area contributed by atoms with Crippen LogP contribution in [0, 0.1) is 12.7 Å². The third-order valence-electron chi connectivity index (χ3n) is 3.75. The molecule has 1 aromatic carbocycles. The maximum absolute atomic E-state index is 13.6. The first-order chi connectivity index (χ1) is 7.63. The van der Waals surface area contributed by atoms with Gasteiger partial charge >= 0.3 is 0 Å². The average molecular weight is 223 g/mol. The van der Waals surface area contributed by atoms with Crippen molar-refractivity contribution in [2.45, 2.75) is 31.6 Å². The van der Waals surface area contributed by atoms with Crippen molar-refractivity contribution in [1.82, 2.24) is 0 Å². The fraction of sp³-hybridized carbons (Fsp3) is 0.538. The second-order valence-corrected chi connectivity index (χ2v) is 4.64. The zero-order valence-corrected chi connectivity index (χ0v) is 9.85. The molecule has 3 heteroatoms. The van der Waals surface area contributed by atoms with Crippen molar-refractivity contribution in [3.63, 3.8) is 0 Å². The fourth-order valence-electron chi connectivity index (χ4n) is 2.43. The molecule has 1 aromatic rings. The molecular formula is C13H18FNO. The summed E-state index contributed by atoms with van der Waals surface area (Å²) in [5.41, 5.74) is 7.33. The van der Waals surface area contributed by atoms with Crippen LogP contribution < -0.4 is 10.5 Å². The quantitative estimate of drug-likeness (QED) is 0.854. The average Bonchev–Trinajstić information content (AvgIpc) is 2.22. The zero-order valence-electron chi connectivity index (χ0n) is 9.85. The molecule has 2 N–H and O–H groups in total. The van der Waals surface area contributed by atoms with E-state index in [0.29, 0.717) is 12.1 Å². The van der Waals surface area contributed by atoms with E-state index in [0.717, 1.165) is 30.6 Å². The minimum Gasteiger partial charge on any atom is -0.496 e. The van der Waals surface area contributed by atoms with Crippen LogP contribution in [-0.2, 0) is 5.41 Å². The SMILES string of the molecule is COc1cc(C)c(F)cc1C1(CN)CCC1. The Morgan fingerprint density at radius 1 is 1.44 bits per heavy atom. The lowest BCUT2D eigenvalue weighted by molar-refractivity contribution is 0.242. The second-order valence-electron chi connectivity index (χ2n) is 4.64. The summed E-state index contributed by atoms with van der Waals surface area (Å²) in [6.07, 6.45) is 3.22. The van der Waals surface area contributed by atoms with E-state index < -0.39 is 0 Å². The first-order valence-electron chi connectivity index (χ1n) is 5.67. The van der Waals surface area contributed by atoms with Gasteiger partial charge in [-0.05, 0) is 37.5 Å². The highest BCUT2D eigenvalue weighted by molar-refractivity contribution is 5.44. The summed E-state index contributed by atoms with van der Waals surface area (Å²) < 4.78 is 19.0. The van der Waals surface area contributed by atoms with Gasteiger partial charge in [0.2, 0.25) is 0 Å². The van der Waals surface area contributed by atoms with E-state index >= 15 is 0 Å².